The molecule has 3 heterocycles. The highest BCUT2D eigenvalue weighted by Gasteiger charge is 2.37. The third-order valence-corrected chi connectivity index (χ3v) is 5.78. The Morgan fingerprint density at radius 1 is 1.39 bits per heavy atom. The lowest BCUT2D eigenvalue weighted by atomic mass is 9.78. The molecule has 5 heteroatoms. The molecule has 1 atom stereocenters. The van der Waals surface area contributed by atoms with Crippen LogP contribution in [0.5, 0.6) is 0 Å². The molecule has 0 aromatic carbocycles. The molecule has 0 saturated carbocycles. The largest absolute Gasteiger partial charge is 0.306 e. The van der Waals surface area contributed by atoms with Gasteiger partial charge >= 0.3 is 0 Å². The van der Waals surface area contributed by atoms with Crippen molar-refractivity contribution in [3.05, 3.63) is 23.0 Å². The molecule has 1 fully saturated rings. The highest BCUT2D eigenvalue weighted by atomic mass is 127. The summed E-state index contributed by atoms with van der Waals surface area (Å²) in [5, 5.41) is 0.840. The van der Waals surface area contributed by atoms with Crippen LogP contribution in [0.1, 0.15) is 12.8 Å². The van der Waals surface area contributed by atoms with Gasteiger partial charge in [-0.1, -0.05) is 11.6 Å². The van der Waals surface area contributed by atoms with Gasteiger partial charge in [0.15, 0.2) is 0 Å². The molecule has 18 heavy (non-hydrogen) atoms. The third-order valence-electron chi connectivity index (χ3n) is 4.21. The number of halogens is 2. The highest BCUT2D eigenvalue weighted by molar-refractivity contribution is 14.1. The van der Waals surface area contributed by atoms with Crippen LogP contribution in [0.2, 0.25) is 0 Å². The Labute approximate surface area is 127 Å². The summed E-state index contributed by atoms with van der Waals surface area (Å²) in [6.07, 6.45) is 6.49. The molecule has 3 rings (SSSR count). The van der Waals surface area contributed by atoms with Gasteiger partial charge in [-0.2, -0.15) is 0 Å². The summed E-state index contributed by atoms with van der Waals surface area (Å²) in [6, 6.07) is 0. The predicted molar refractivity (Wildman–Crippen MR) is 83.9 cm³/mol. The van der Waals surface area contributed by atoms with Gasteiger partial charge in [0.25, 0.3) is 0 Å². The minimum atomic E-state index is 0.545. The lowest BCUT2D eigenvalue weighted by Crippen LogP contribution is -2.42. The third kappa shape index (κ3) is 2.23. The van der Waals surface area contributed by atoms with E-state index in [-0.39, 0.29) is 0 Å². The second kappa shape index (κ2) is 5.13. The summed E-state index contributed by atoms with van der Waals surface area (Å²) in [6.45, 7) is 3.41. The van der Waals surface area contributed by atoms with Crippen molar-refractivity contribution in [3.63, 3.8) is 0 Å². The van der Waals surface area contributed by atoms with Crippen LogP contribution in [0.25, 0.3) is 0 Å². The number of hydrogen-bond donors (Lipinski definition) is 0. The van der Waals surface area contributed by atoms with Crippen molar-refractivity contribution in [2.24, 2.45) is 16.8 Å². The smallest absolute Gasteiger partial charge is 0.122 e. The van der Waals surface area contributed by atoms with Gasteiger partial charge in [-0.15, -0.1) is 0 Å². The summed E-state index contributed by atoms with van der Waals surface area (Å²) in [5.41, 5.74) is 2.36. The molecule has 0 radical (unpaired) electrons. The van der Waals surface area contributed by atoms with E-state index in [1.54, 1.807) is 0 Å². The van der Waals surface area contributed by atoms with E-state index in [0.717, 1.165) is 23.2 Å². The van der Waals surface area contributed by atoms with Crippen LogP contribution in [0.3, 0.4) is 0 Å². The summed E-state index contributed by atoms with van der Waals surface area (Å²) < 4.78 is 2.15. The van der Waals surface area contributed by atoms with E-state index in [1.807, 2.05) is 12.3 Å². The molecule has 98 valence electrons. The van der Waals surface area contributed by atoms with E-state index in [9.17, 15) is 0 Å². The van der Waals surface area contributed by atoms with Gasteiger partial charge in [0, 0.05) is 24.2 Å². The van der Waals surface area contributed by atoms with E-state index in [4.69, 9.17) is 11.6 Å². The molecule has 0 aromatic rings. The lowest BCUT2D eigenvalue weighted by Gasteiger charge is -2.38. The fourth-order valence-electron chi connectivity index (χ4n) is 3.09. The van der Waals surface area contributed by atoms with Crippen molar-refractivity contribution in [1.29, 1.82) is 0 Å². The fourth-order valence-corrected chi connectivity index (χ4v) is 4.00. The fraction of sp³-hybridized carbons (Fsp3) is 0.615. The van der Waals surface area contributed by atoms with Gasteiger partial charge in [-0.05, 0) is 45.0 Å². The SMILES string of the molecule is CN1CCC(C2CN(I)C(Cl)=C3C=CN=C32)CC1. The van der Waals surface area contributed by atoms with Crippen LogP contribution in [0.15, 0.2) is 28.0 Å². The monoisotopic (exact) mass is 377 g/mol. The zero-order valence-electron chi connectivity index (χ0n) is 10.4. The molecule has 0 aliphatic carbocycles. The highest BCUT2D eigenvalue weighted by Crippen LogP contribution is 2.38. The molecule has 3 aliphatic rings. The predicted octanol–water partition coefficient (Wildman–Crippen LogP) is 3.03. The van der Waals surface area contributed by atoms with E-state index in [2.05, 4.69) is 42.9 Å². The standard InChI is InChI=1S/C13H17ClIN3/c1-17-6-3-9(4-7-17)11-8-18(15)13(14)10-2-5-16-12(10)11/h2,5,9,11H,3-4,6-8H2,1H3. The maximum absolute atomic E-state index is 6.35. The van der Waals surface area contributed by atoms with Crippen LogP contribution in [0.4, 0.5) is 0 Å². The molecule has 0 spiro atoms. The van der Waals surface area contributed by atoms with Crippen LogP contribution in [-0.2, 0) is 0 Å². The quantitative estimate of drug-likeness (QED) is 0.397. The first-order chi connectivity index (χ1) is 8.66. The number of piperidine rings is 1. The van der Waals surface area contributed by atoms with Gasteiger partial charge in [0.1, 0.15) is 5.16 Å². The number of fused-ring (bicyclic) bond motifs is 1. The van der Waals surface area contributed by atoms with Crippen molar-refractivity contribution in [2.45, 2.75) is 12.8 Å². The molecule has 1 unspecified atom stereocenters. The van der Waals surface area contributed by atoms with Gasteiger partial charge in [0.2, 0.25) is 0 Å². The zero-order valence-corrected chi connectivity index (χ0v) is 13.4. The van der Waals surface area contributed by atoms with Crippen LogP contribution in [0, 0.1) is 11.8 Å². The maximum Gasteiger partial charge on any atom is 0.122 e. The summed E-state index contributed by atoms with van der Waals surface area (Å²) in [4.78, 5) is 6.98. The summed E-state index contributed by atoms with van der Waals surface area (Å²) in [7, 11) is 2.21. The first kappa shape index (κ1) is 12.9. The Balaban J connectivity index is 1.82. The van der Waals surface area contributed by atoms with Crippen molar-refractivity contribution < 1.29 is 0 Å². The molecule has 0 bridgehead atoms. The van der Waals surface area contributed by atoms with Crippen LogP contribution < -0.4 is 0 Å². The Bertz CT molecular complexity index is 436. The molecule has 3 nitrogen and oxygen atoms in total. The van der Waals surface area contributed by atoms with E-state index in [1.165, 1.54) is 31.6 Å². The molecule has 3 aliphatic heterocycles. The lowest BCUT2D eigenvalue weighted by molar-refractivity contribution is 0.189. The Morgan fingerprint density at radius 2 is 2.11 bits per heavy atom. The average molecular weight is 378 g/mol. The van der Waals surface area contributed by atoms with Crippen molar-refractivity contribution in [3.8, 4) is 0 Å². The Morgan fingerprint density at radius 3 is 2.83 bits per heavy atom. The summed E-state index contributed by atoms with van der Waals surface area (Å²) in [5.74, 6) is 1.29. The Kier molecular flexibility index (Phi) is 3.69. The van der Waals surface area contributed by atoms with Crippen LogP contribution in [-0.4, -0.2) is 40.4 Å². The van der Waals surface area contributed by atoms with E-state index >= 15 is 0 Å². The number of hydrogen-bond acceptors (Lipinski definition) is 3. The van der Waals surface area contributed by atoms with Crippen molar-refractivity contribution in [2.75, 3.05) is 26.7 Å². The van der Waals surface area contributed by atoms with Gasteiger partial charge in [0.05, 0.1) is 28.6 Å². The molecule has 0 aromatic heterocycles. The number of aliphatic imine (C=N–C) groups is 1. The number of allylic oxidation sites excluding steroid dienone is 2. The van der Waals surface area contributed by atoms with E-state index < -0.39 is 0 Å². The molecule has 0 amide bonds. The topological polar surface area (TPSA) is 18.8 Å². The normalized spacial score (nSPS) is 29.8. The Hall–Kier alpha value is -0.0700. The van der Waals surface area contributed by atoms with Gasteiger partial charge in [-0.25, -0.2) is 0 Å². The van der Waals surface area contributed by atoms with Gasteiger partial charge < -0.3 is 8.01 Å². The minimum Gasteiger partial charge on any atom is -0.306 e. The van der Waals surface area contributed by atoms with E-state index in [0.29, 0.717) is 5.92 Å². The number of rotatable bonds is 1. The summed E-state index contributed by atoms with van der Waals surface area (Å²) >= 11 is 8.67. The van der Waals surface area contributed by atoms with Crippen molar-refractivity contribution >= 4 is 40.2 Å². The van der Waals surface area contributed by atoms with Crippen molar-refractivity contribution in [1.82, 2.24) is 8.01 Å². The molecule has 0 N–H and O–H groups in total. The van der Waals surface area contributed by atoms with Crippen LogP contribution >= 0.6 is 34.5 Å². The first-order valence-electron chi connectivity index (χ1n) is 6.43. The number of likely N-dealkylation sites (tertiary alicyclic amines) is 1. The second-order valence-electron chi connectivity index (χ2n) is 5.33. The van der Waals surface area contributed by atoms with Gasteiger partial charge in [-0.3, -0.25) is 4.99 Å². The number of nitrogens with zero attached hydrogens (tertiary/aromatic N) is 3. The minimum absolute atomic E-state index is 0.545. The maximum atomic E-state index is 6.35. The molecular weight excluding hydrogens is 361 g/mol. The zero-order chi connectivity index (χ0) is 12.7. The molecule has 1 saturated heterocycles. The average Bonchev–Trinajstić information content (AvgIpc) is 2.84. The molecular formula is C13H17ClIN3. The first-order valence-corrected chi connectivity index (χ1v) is 7.77. The second-order valence-corrected chi connectivity index (χ2v) is 6.85.